The number of carboxylic acids is 1. The maximum Gasteiger partial charge on any atom is 0.353 e. The normalized spacial score (nSPS) is 11.1. The van der Waals surface area contributed by atoms with Gasteiger partial charge < -0.3 is 10.1 Å². The Bertz CT molecular complexity index is 810. The van der Waals surface area contributed by atoms with Gasteiger partial charge in [-0.05, 0) is 25.1 Å². The molecule has 0 spiro atoms. The molecule has 2 heterocycles. The van der Waals surface area contributed by atoms with Crippen LogP contribution in [0.15, 0.2) is 34.1 Å². The van der Waals surface area contributed by atoms with E-state index in [-0.39, 0.29) is 5.69 Å². The van der Waals surface area contributed by atoms with Crippen molar-refractivity contribution in [1.82, 2.24) is 9.97 Å². The van der Waals surface area contributed by atoms with Gasteiger partial charge in [-0.15, -0.1) is 11.3 Å². The number of hydrogen-bond acceptors (Lipinski definition) is 4. The maximum atomic E-state index is 11.3. The number of H-pyrrole nitrogens is 1. The summed E-state index contributed by atoms with van der Waals surface area (Å²) in [6.07, 6.45) is 0. The summed E-state index contributed by atoms with van der Waals surface area (Å²) in [5.74, 6) is -0.989. The van der Waals surface area contributed by atoms with Gasteiger partial charge in [0.25, 0.3) is 0 Å². The van der Waals surface area contributed by atoms with Gasteiger partial charge >= 0.3 is 5.97 Å². The standard InChI is InChI=1S/C13H9ClN2O2S2/c1-6-15-9-11(10(13(17)18)16-12(9)19-6)20-8-4-2-3-7(14)5-8/h2-5,16H,1H3,(H,17,18). The van der Waals surface area contributed by atoms with Crippen LogP contribution in [0.25, 0.3) is 10.3 Å². The van der Waals surface area contributed by atoms with Crippen LogP contribution in [0.2, 0.25) is 5.02 Å². The lowest BCUT2D eigenvalue weighted by molar-refractivity contribution is 0.0688. The zero-order valence-electron chi connectivity index (χ0n) is 10.3. The second kappa shape index (κ2) is 5.12. The molecule has 0 atom stereocenters. The van der Waals surface area contributed by atoms with Crippen molar-refractivity contribution in [3.05, 3.63) is 40.0 Å². The number of hydrogen-bond donors (Lipinski definition) is 2. The van der Waals surface area contributed by atoms with Gasteiger partial charge in [-0.2, -0.15) is 0 Å². The van der Waals surface area contributed by atoms with E-state index in [2.05, 4.69) is 9.97 Å². The summed E-state index contributed by atoms with van der Waals surface area (Å²) in [6, 6.07) is 7.31. The average molecular weight is 325 g/mol. The van der Waals surface area contributed by atoms with Crippen LogP contribution in [0.4, 0.5) is 0 Å². The molecule has 3 aromatic rings. The number of aromatic carboxylic acids is 1. The number of nitrogens with one attached hydrogen (secondary N) is 1. The Morgan fingerprint density at radius 1 is 1.50 bits per heavy atom. The summed E-state index contributed by atoms with van der Waals surface area (Å²) >= 11 is 8.76. The lowest BCUT2D eigenvalue weighted by Gasteiger charge is -2.01. The van der Waals surface area contributed by atoms with Crippen LogP contribution < -0.4 is 0 Å². The number of aromatic amines is 1. The molecule has 0 aliphatic carbocycles. The minimum Gasteiger partial charge on any atom is -0.477 e. The lowest BCUT2D eigenvalue weighted by atomic mass is 10.4. The molecule has 0 radical (unpaired) electrons. The van der Waals surface area contributed by atoms with Gasteiger partial charge in [0.2, 0.25) is 0 Å². The summed E-state index contributed by atoms with van der Waals surface area (Å²) in [6.45, 7) is 1.90. The molecule has 1 aromatic carbocycles. The number of aryl methyl sites for hydroxylation is 1. The number of aromatic nitrogens is 2. The molecule has 4 nitrogen and oxygen atoms in total. The van der Waals surface area contributed by atoms with Crippen molar-refractivity contribution >= 4 is 51.0 Å². The summed E-state index contributed by atoms with van der Waals surface area (Å²) in [4.78, 5) is 21.0. The molecule has 0 aliphatic heterocycles. The summed E-state index contributed by atoms with van der Waals surface area (Å²) in [5.41, 5.74) is 0.874. The third-order valence-corrected chi connectivity index (χ3v) is 4.86. The van der Waals surface area contributed by atoms with E-state index in [9.17, 15) is 9.90 Å². The van der Waals surface area contributed by atoms with Crippen molar-refractivity contribution in [2.24, 2.45) is 0 Å². The van der Waals surface area contributed by atoms with E-state index in [1.807, 2.05) is 19.1 Å². The molecule has 0 saturated heterocycles. The number of carbonyl (C=O) groups is 1. The second-order valence-electron chi connectivity index (χ2n) is 4.10. The van der Waals surface area contributed by atoms with E-state index < -0.39 is 5.97 Å². The quantitative estimate of drug-likeness (QED) is 0.747. The van der Waals surface area contributed by atoms with Crippen LogP contribution in [0.3, 0.4) is 0 Å². The fourth-order valence-electron chi connectivity index (χ4n) is 1.85. The Balaban J connectivity index is 2.12. The van der Waals surface area contributed by atoms with Gasteiger partial charge in [0, 0.05) is 9.92 Å². The van der Waals surface area contributed by atoms with E-state index in [1.165, 1.54) is 23.1 Å². The first-order valence-electron chi connectivity index (χ1n) is 5.70. The Kier molecular flexibility index (Phi) is 3.45. The van der Waals surface area contributed by atoms with E-state index >= 15 is 0 Å². The summed E-state index contributed by atoms with van der Waals surface area (Å²) in [5, 5.41) is 10.8. The van der Waals surface area contributed by atoms with Crippen molar-refractivity contribution in [3.8, 4) is 0 Å². The summed E-state index contributed by atoms with van der Waals surface area (Å²) in [7, 11) is 0. The topological polar surface area (TPSA) is 66.0 Å². The van der Waals surface area contributed by atoms with Crippen molar-refractivity contribution in [2.45, 2.75) is 16.7 Å². The highest BCUT2D eigenvalue weighted by molar-refractivity contribution is 7.99. The molecule has 20 heavy (non-hydrogen) atoms. The maximum absolute atomic E-state index is 11.3. The number of halogens is 1. The number of nitrogens with zero attached hydrogens (tertiary/aromatic N) is 1. The van der Waals surface area contributed by atoms with Gasteiger partial charge in [0.15, 0.2) is 0 Å². The molecule has 0 saturated carbocycles. The van der Waals surface area contributed by atoms with E-state index in [0.717, 1.165) is 14.7 Å². The van der Waals surface area contributed by atoms with Gasteiger partial charge in [0.05, 0.1) is 9.90 Å². The van der Waals surface area contributed by atoms with Gasteiger partial charge in [-0.3, -0.25) is 0 Å². The SMILES string of the molecule is Cc1nc2c(Sc3cccc(Cl)c3)c(C(=O)O)[nH]c2s1. The van der Waals surface area contributed by atoms with Crippen LogP contribution in [0, 0.1) is 6.92 Å². The fraction of sp³-hybridized carbons (Fsp3) is 0.0769. The highest BCUT2D eigenvalue weighted by atomic mass is 35.5. The van der Waals surface area contributed by atoms with E-state index in [0.29, 0.717) is 15.4 Å². The molecule has 0 fully saturated rings. The first-order chi connectivity index (χ1) is 9.54. The largest absolute Gasteiger partial charge is 0.477 e. The van der Waals surface area contributed by atoms with Crippen molar-refractivity contribution in [1.29, 1.82) is 0 Å². The number of carboxylic acid groups (broad SMARTS) is 1. The number of rotatable bonds is 3. The van der Waals surface area contributed by atoms with Crippen LogP contribution in [-0.4, -0.2) is 21.0 Å². The van der Waals surface area contributed by atoms with Crippen molar-refractivity contribution in [3.63, 3.8) is 0 Å². The average Bonchev–Trinajstić information content (AvgIpc) is 2.87. The van der Waals surface area contributed by atoms with Gasteiger partial charge in [-0.25, -0.2) is 9.78 Å². The van der Waals surface area contributed by atoms with Crippen LogP contribution >= 0.6 is 34.7 Å². The van der Waals surface area contributed by atoms with Gasteiger partial charge in [0.1, 0.15) is 16.0 Å². The van der Waals surface area contributed by atoms with Crippen LogP contribution in [-0.2, 0) is 0 Å². The molecule has 0 amide bonds. The third-order valence-electron chi connectivity index (χ3n) is 2.64. The molecule has 102 valence electrons. The second-order valence-corrected chi connectivity index (χ2v) is 6.83. The molecule has 0 bridgehead atoms. The first kappa shape index (κ1) is 13.5. The van der Waals surface area contributed by atoms with Crippen LogP contribution in [0.1, 0.15) is 15.5 Å². The molecular weight excluding hydrogens is 316 g/mol. The van der Waals surface area contributed by atoms with Gasteiger partial charge in [-0.1, -0.05) is 29.4 Å². The summed E-state index contributed by atoms with van der Waals surface area (Å²) < 4.78 is 0. The molecular formula is C13H9ClN2O2S2. The highest BCUT2D eigenvalue weighted by Crippen LogP contribution is 2.38. The Hall–Kier alpha value is -1.50. The predicted molar refractivity (Wildman–Crippen MR) is 81.2 cm³/mol. The minimum atomic E-state index is -0.989. The smallest absolute Gasteiger partial charge is 0.353 e. The monoisotopic (exact) mass is 324 g/mol. The number of thiazole rings is 1. The third kappa shape index (κ3) is 2.42. The fourth-order valence-corrected chi connectivity index (χ4v) is 4.06. The predicted octanol–water partition coefficient (Wildman–Crippen LogP) is 4.44. The molecule has 0 unspecified atom stereocenters. The molecule has 7 heteroatoms. The van der Waals surface area contributed by atoms with Crippen LogP contribution in [0.5, 0.6) is 0 Å². The van der Waals surface area contributed by atoms with Crippen molar-refractivity contribution in [2.75, 3.05) is 0 Å². The number of benzene rings is 1. The molecule has 3 rings (SSSR count). The molecule has 2 aromatic heterocycles. The number of fused-ring (bicyclic) bond motifs is 1. The Morgan fingerprint density at radius 2 is 2.30 bits per heavy atom. The molecule has 0 aliphatic rings. The first-order valence-corrected chi connectivity index (χ1v) is 7.71. The Morgan fingerprint density at radius 3 is 3.00 bits per heavy atom. The van der Waals surface area contributed by atoms with Crippen molar-refractivity contribution < 1.29 is 9.90 Å². The van der Waals surface area contributed by atoms with E-state index in [4.69, 9.17) is 11.6 Å². The van der Waals surface area contributed by atoms with E-state index in [1.54, 1.807) is 12.1 Å². The molecule has 2 N–H and O–H groups in total. The highest BCUT2D eigenvalue weighted by Gasteiger charge is 2.21. The Labute approximate surface area is 127 Å². The minimum absolute atomic E-state index is 0.170. The lowest BCUT2D eigenvalue weighted by Crippen LogP contribution is -1.98. The zero-order valence-corrected chi connectivity index (χ0v) is 12.7. The zero-order chi connectivity index (χ0) is 14.3.